The molecule has 0 unspecified atom stereocenters. The molecule has 4 rings (SSSR count). The zero-order valence-corrected chi connectivity index (χ0v) is 21.4. The van der Waals surface area contributed by atoms with Crippen LogP contribution in [0.3, 0.4) is 0 Å². The molecule has 0 radical (unpaired) electrons. The summed E-state index contributed by atoms with van der Waals surface area (Å²) in [5, 5.41) is 6.70. The first-order chi connectivity index (χ1) is 16.9. The minimum Gasteiger partial charge on any atom is -0.393 e. The molecule has 1 saturated heterocycles. The molecule has 15 heteroatoms. The highest BCUT2D eigenvalue weighted by molar-refractivity contribution is 7.19. The number of nitrogen functional groups attached to an aromatic ring is 1. The van der Waals surface area contributed by atoms with E-state index in [0.717, 1.165) is 23.5 Å². The fourth-order valence-corrected chi connectivity index (χ4v) is 5.03. The van der Waals surface area contributed by atoms with Gasteiger partial charge in [0.25, 0.3) is 5.91 Å². The number of hydrogen-bond acceptors (Lipinski definition) is 8. The lowest BCUT2D eigenvalue weighted by Crippen LogP contribution is -2.47. The van der Waals surface area contributed by atoms with Crippen molar-refractivity contribution >= 4 is 51.5 Å². The number of benzene rings is 1. The van der Waals surface area contributed by atoms with Gasteiger partial charge in [0.1, 0.15) is 51.3 Å². The van der Waals surface area contributed by atoms with Gasteiger partial charge in [-0.3, -0.25) is 9.48 Å². The van der Waals surface area contributed by atoms with E-state index >= 15 is 0 Å². The lowest BCUT2D eigenvalue weighted by Gasteiger charge is -2.30. The van der Waals surface area contributed by atoms with Gasteiger partial charge in [0.05, 0.1) is 35.9 Å². The van der Waals surface area contributed by atoms with Crippen molar-refractivity contribution in [2.45, 2.75) is 36.4 Å². The molecule has 3 aromatic rings. The molecule has 5 N–H and O–H groups in total. The minimum absolute atomic E-state index is 0.0226. The van der Waals surface area contributed by atoms with E-state index in [4.69, 9.17) is 20.9 Å². The topological polar surface area (TPSA) is 130 Å². The van der Waals surface area contributed by atoms with Gasteiger partial charge in [-0.2, -0.15) is 5.10 Å². The summed E-state index contributed by atoms with van der Waals surface area (Å²) in [6.45, 7) is 0.290. The molecule has 0 spiro atoms. The summed E-state index contributed by atoms with van der Waals surface area (Å²) in [4.78, 5) is 17.2. The number of nitrogens with zero attached hydrogens (tertiary/aromatic N) is 3. The molecule has 3 heterocycles. The number of aryl methyl sites for hydroxylation is 1. The van der Waals surface area contributed by atoms with Crippen LogP contribution in [0.4, 0.5) is 19.5 Å². The van der Waals surface area contributed by atoms with Crippen LogP contribution >= 0.6 is 11.3 Å². The van der Waals surface area contributed by atoms with Crippen LogP contribution in [0.25, 0.3) is 10.6 Å². The third-order valence-electron chi connectivity index (χ3n) is 5.79. The second kappa shape index (κ2) is 10.3. The number of anilines is 2. The monoisotopic (exact) mass is 514 g/mol. The van der Waals surface area contributed by atoms with Gasteiger partial charge in [-0.25, -0.2) is 13.8 Å². The van der Waals surface area contributed by atoms with Crippen molar-refractivity contribution in [2.24, 2.45) is 12.8 Å². The normalized spacial score (nSPS) is 20.7. The molecule has 1 amide bonds. The second-order valence-corrected chi connectivity index (χ2v) is 10.7. The number of carbonyl (C=O) groups excluding carboxylic acids is 1. The Kier molecular flexibility index (Phi) is 7.55. The highest BCUT2D eigenvalue weighted by Crippen LogP contribution is 2.35. The van der Waals surface area contributed by atoms with Crippen LogP contribution in [0, 0.1) is 11.6 Å². The van der Waals surface area contributed by atoms with E-state index in [1.54, 1.807) is 11.7 Å². The van der Waals surface area contributed by atoms with Crippen LogP contribution in [0.2, 0.25) is 0 Å². The molecular formula is C21H27B3F2N6O3S. The zero-order chi connectivity index (χ0) is 26.2. The molecule has 1 aliphatic heterocycles. The average Bonchev–Trinajstić information content (AvgIpc) is 3.28. The lowest BCUT2D eigenvalue weighted by atomic mass is 9.52. The van der Waals surface area contributed by atoms with Crippen molar-refractivity contribution in [3.63, 3.8) is 0 Å². The van der Waals surface area contributed by atoms with Crippen LogP contribution < -0.4 is 16.8 Å². The van der Waals surface area contributed by atoms with Gasteiger partial charge in [-0.05, 0) is 30.3 Å². The summed E-state index contributed by atoms with van der Waals surface area (Å²) in [6.07, 6.45) is 2.10. The van der Waals surface area contributed by atoms with Gasteiger partial charge >= 0.3 is 0 Å². The third-order valence-corrected chi connectivity index (χ3v) is 6.69. The second-order valence-electron chi connectivity index (χ2n) is 9.68. The van der Waals surface area contributed by atoms with E-state index in [2.05, 4.69) is 15.4 Å². The van der Waals surface area contributed by atoms with E-state index in [1.807, 2.05) is 23.5 Å². The number of thiazole rings is 1. The first kappa shape index (κ1) is 26.3. The molecule has 1 fully saturated rings. The van der Waals surface area contributed by atoms with Gasteiger partial charge in [0.15, 0.2) is 5.69 Å². The molecule has 1 aromatic carbocycles. The van der Waals surface area contributed by atoms with Crippen LogP contribution in [0.15, 0.2) is 24.4 Å². The fourth-order valence-electron chi connectivity index (χ4n) is 4.15. The van der Waals surface area contributed by atoms with Gasteiger partial charge < -0.3 is 26.3 Å². The number of carbonyl (C=O) groups is 1. The smallest absolute Gasteiger partial charge is 0.277 e. The molecule has 0 aliphatic carbocycles. The Morgan fingerprint density at radius 1 is 1.31 bits per heavy atom. The molecule has 9 nitrogen and oxygen atoms in total. The SMILES string of the molecule is BC(B)(B)O[C@H]1CO[C@@H](c2c(NC(=O)c3nc(-c4c(F)cccc4F)sc3N)cnn2C)CC[C@@H]1N. The Balaban J connectivity index is 1.54. The van der Waals surface area contributed by atoms with Gasteiger partial charge in [0.2, 0.25) is 0 Å². The Bertz CT molecular complexity index is 1250. The van der Waals surface area contributed by atoms with E-state index < -0.39 is 17.5 Å². The highest BCUT2D eigenvalue weighted by atomic mass is 32.1. The molecule has 3 atom stereocenters. The maximum absolute atomic E-state index is 14.2. The zero-order valence-electron chi connectivity index (χ0n) is 20.5. The molecule has 36 heavy (non-hydrogen) atoms. The summed E-state index contributed by atoms with van der Waals surface area (Å²) in [5.41, 5.74) is 13.0. The van der Waals surface area contributed by atoms with Crippen molar-refractivity contribution < 1.29 is 23.0 Å². The van der Waals surface area contributed by atoms with Crippen LogP contribution in [-0.2, 0) is 16.5 Å². The van der Waals surface area contributed by atoms with Crippen LogP contribution in [0.1, 0.15) is 35.1 Å². The number of aromatic nitrogens is 3. The first-order valence-electron chi connectivity index (χ1n) is 11.5. The van der Waals surface area contributed by atoms with Crippen LogP contribution in [0.5, 0.6) is 0 Å². The van der Waals surface area contributed by atoms with E-state index in [-0.39, 0.29) is 51.4 Å². The molecule has 1 aliphatic rings. The lowest BCUT2D eigenvalue weighted by molar-refractivity contribution is -0.0435. The predicted molar refractivity (Wildman–Crippen MR) is 142 cm³/mol. The van der Waals surface area contributed by atoms with Gasteiger partial charge in [-0.1, -0.05) is 17.4 Å². The molecule has 188 valence electrons. The quantitative estimate of drug-likeness (QED) is 0.387. The highest BCUT2D eigenvalue weighted by Gasteiger charge is 2.32. The molecular weight excluding hydrogens is 487 g/mol. The Hall–Kier alpha value is -2.74. The maximum atomic E-state index is 14.2. The third kappa shape index (κ3) is 5.64. The Morgan fingerprint density at radius 2 is 2.00 bits per heavy atom. The summed E-state index contributed by atoms with van der Waals surface area (Å²) in [5.74, 6) is -2.20. The number of nitrogens with two attached hydrogens (primary N) is 2. The van der Waals surface area contributed by atoms with Crippen molar-refractivity contribution in [3.8, 4) is 10.6 Å². The number of hydrogen-bond donors (Lipinski definition) is 3. The van der Waals surface area contributed by atoms with Gasteiger partial charge in [0, 0.05) is 13.1 Å². The molecule has 0 saturated carbocycles. The van der Waals surface area contributed by atoms with Crippen molar-refractivity contribution in [2.75, 3.05) is 17.7 Å². The minimum atomic E-state index is -0.789. The molecule has 0 bridgehead atoms. The fraction of sp³-hybridized carbons (Fsp3) is 0.381. The predicted octanol–water partition coefficient (Wildman–Crippen LogP) is -0.269. The summed E-state index contributed by atoms with van der Waals surface area (Å²) >= 11 is 0.832. The molecule has 2 aromatic heterocycles. The summed E-state index contributed by atoms with van der Waals surface area (Å²) < 4.78 is 42.3. The van der Waals surface area contributed by atoms with Crippen molar-refractivity contribution in [1.29, 1.82) is 0 Å². The Labute approximate surface area is 214 Å². The largest absolute Gasteiger partial charge is 0.393 e. The first-order valence-corrected chi connectivity index (χ1v) is 12.3. The van der Waals surface area contributed by atoms with E-state index in [1.165, 1.54) is 12.3 Å². The number of halogens is 2. The van der Waals surface area contributed by atoms with E-state index in [0.29, 0.717) is 24.2 Å². The summed E-state index contributed by atoms with van der Waals surface area (Å²) in [7, 11) is 7.64. The number of rotatable bonds is 6. The Morgan fingerprint density at radius 3 is 2.67 bits per heavy atom. The number of ether oxygens (including phenoxy) is 2. The maximum Gasteiger partial charge on any atom is 0.277 e. The standard InChI is InChI=1S/C21H27B3F2N6O3S/c1-32-17(13-6-5-11(27)14(8-34-13)35-21(22,23)24)12(7-29-32)30-19(33)16-18(28)36-20(31-16)15-9(25)3-2-4-10(15)26/h2-4,7,11,13-14H,5-6,8,22-24,27-28H2,1H3,(H,30,33)/t11-,13+,14-/m0/s1. The average molecular weight is 514 g/mol. The summed E-state index contributed by atoms with van der Waals surface area (Å²) in [6, 6.07) is 3.29. The number of amides is 1. The van der Waals surface area contributed by atoms with Crippen molar-refractivity contribution in [1.82, 2.24) is 14.8 Å². The van der Waals surface area contributed by atoms with Gasteiger partial charge in [-0.15, -0.1) is 0 Å². The van der Waals surface area contributed by atoms with Crippen LogP contribution in [-0.4, -0.2) is 68.3 Å². The number of nitrogens with one attached hydrogen (secondary N) is 1. The van der Waals surface area contributed by atoms with Crippen molar-refractivity contribution in [3.05, 3.63) is 47.4 Å². The van der Waals surface area contributed by atoms with E-state index in [9.17, 15) is 13.6 Å².